The van der Waals surface area contributed by atoms with Crippen molar-refractivity contribution in [2.45, 2.75) is 46.2 Å². The molecule has 0 bridgehead atoms. The van der Waals surface area contributed by atoms with Crippen molar-refractivity contribution in [2.24, 2.45) is 0 Å². The molecule has 1 amide bonds. The van der Waals surface area contributed by atoms with Gasteiger partial charge in [-0.2, -0.15) is 0 Å². The highest BCUT2D eigenvalue weighted by Crippen LogP contribution is 2.14. The molecular weight excluding hydrogens is 214 g/mol. The van der Waals surface area contributed by atoms with E-state index in [1.54, 1.807) is 0 Å². The molecule has 1 unspecified atom stereocenters. The lowest BCUT2D eigenvalue weighted by Gasteiger charge is -2.42. The Hall–Kier alpha value is -0.610. The SMILES string of the molecule is CCNC(C)(C)C(=O)N1CCN(CC)C(C)C1. The minimum Gasteiger partial charge on any atom is -0.338 e. The number of hydrogen-bond donors (Lipinski definition) is 1. The van der Waals surface area contributed by atoms with Gasteiger partial charge in [-0.05, 0) is 33.9 Å². The second-order valence-corrected chi connectivity index (χ2v) is 5.38. The van der Waals surface area contributed by atoms with Crippen molar-refractivity contribution < 1.29 is 4.79 Å². The zero-order chi connectivity index (χ0) is 13.1. The second-order valence-electron chi connectivity index (χ2n) is 5.38. The molecule has 1 fully saturated rings. The maximum Gasteiger partial charge on any atom is 0.242 e. The van der Waals surface area contributed by atoms with Gasteiger partial charge in [0.05, 0.1) is 5.54 Å². The Bertz CT molecular complexity index is 265. The smallest absolute Gasteiger partial charge is 0.242 e. The number of nitrogens with one attached hydrogen (secondary N) is 1. The van der Waals surface area contributed by atoms with Crippen LogP contribution in [0.1, 0.15) is 34.6 Å². The Labute approximate surface area is 105 Å². The van der Waals surface area contributed by atoms with E-state index in [0.29, 0.717) is 6.04 Å². The molecular formula is C13H27N3O. The molecule has 0 spiro atoms. The van der Waals surface area contributed by atoms with E-state index in [4.69, 9.17) is 0 Å². The number of rotatable bonds is 4. The standard InChI is InChI=1S/C13H27N3O/c1-6-14-13(4,5)12(17)16-9-8-15(7-2)11(3)10-16/h11,14H,6-10H2,1-5H3. The molecule has 100 valence electrons. The van der Waals surface area contributed by atoms with Gasteiger partial charge in [-0.1, -0.05) is 13.8 Å². The summed E-state index contributed by atoms with van der Waals surface area (Å²) in [4.78, 5) is 16.8. The minimum absolute atomic E-state index is 0.224. The van der Waals surface area contributed by atoms with Crippen LogP contribution >= 0.6 is 0 Å². The Balaban J connectivity index is 2.60. The topological polar surface area (TPSA) is 35.6 Å². The second kappa shape index (κ2) is 5.83. The van der Waals surface area contributed by atoms with E-state index < -0.39 is 5.54 Å². The fourth-order valence-electron chi connectivity index (χ4n) is 2.56. The molecule has 1 N–H and O–H groups in total. The van der Waals surface area contributed by atoms with E-state index in [1.807, 2.05) is 25.7 Å². The van der Waals surface area contributed by atoms with Gasteiger partial charge in [0.1, 0.15) is 0 Å². The predicted molar refractivity (Wildman–Crippen MR) is 71.0 cm³/mol. The quantitative estimate of drug-likeness (QED) is 0.795. The van der Waals surface area contributed by atoms with Crippen molar-refractivity contribution in [3.63, 3.8) is 0 Å². The lowest BCUT2D eigenvalue weighted by molar-refractivity contribution is -0.140. The fraction of sp³-hybridized carbons (Fsp3) is 0.923. The molecule has 0 aromatic heterocycles. The normalized spacial score (nSPS) is 22.9. The lowest BCUT2D eigenvalue weighted by atomic mass is 10.0. The summed E-state index contributed by atoms with van der Waals surface area (Å²) in [6, 6.07) is 0.468. The minimum atomic E-state index is -0.442. The largest absolute Gasteiger partial charge is 0.338 e. The first-order chi connectivity index (χ1) is 7.92. The van der Waals surface area contributed by atoms with Crippen LogP contribution < -0.4 is 5.32 Å². The molecule has 4 nitrogen and oxygen atoms in total. The molecule has 17 heavy (non-hydrogen) atoms. The fourth-order valence-corrected chi connectivity index (χ4v) is 2.56. The molecule has 1 atom stereocenters. The number of likely N-dealkylation sites (N-methyl/N-ethyl adjacent to an activating group) is 2. The Morgan fingerprint density at radius 2 is 2.00 bits per heavy atom. The van der Waals surface area contributed by atoms with Crippen LogP contribution in [0.15, 0.2) is 0 Å². The molecule has 4 heteroatoms. The summed E-state index contributed by atoms with van der Waals surface area (Å²) in [5, 5.41) is 3.25. The monoisotopic (exact) mass is 241 g/mol. The molecule has 0 aromatic carbocycles. The molecule has 0 radical (unpaired) electrons. The van der Waals surface area contributed by atoms with Gasteiger partial charge >= 0.3 is 0 Å². The zero-order valence-corrected chi connectivity index (χ0v) is 11.9. The third kappa shape index (κ3) is 3.42. The Morgan fingerprint density at radius 1 is 1.35 bits per heavy atom. The van der Waals surface area contributed by atoms with Crippen LogP contribution in [0.4, 0.5) is 0 Å². The zero-order valence-electron chi connectivity index (χ0n) is 11.9. The number of amides is 1. The summed E-state index contributed by atoms with van der Waals surface area (Å²) in [6.07, 6.45) is 0. The van der Waals surface area contributed by atoms with Gasteiger partial charge in [0, 0.05) is 25.7 Å². The van der Waals surface area contributed by atoms with E-state index >= 15 is 0 Å². The van der Waals surface area contributed by atoms with Crippen LogP contribution in [0.2, 0.25) is 0 Å². The molecule has 0 aliphatic carbocycles. The van der Waals surface area contributed by atoms with Gasteiger partial charge in [0.2, 0.25) is 5.91 Å². The van der Waals surface area contributed by atoms with Gasteiger partial charge < -0.3 is 10.2 Å². The number of hydrogen-bond acceptors (Lipinski definition) is 3. The molecule has 1 heterocycles. The molecule has 1 saturated heterocycles. The van der Waals surface area contributed by atoms with Crippen LogP contribution in [0.3, 0.4) is 0 Å². The van der Waals surface area contributed by atoms with E-state index in [0.717, 1.165) is 32.7 Å². The van der Waals surface area contributed by atoms with Crippen LogP contribution in [-0.4, -0.2) is 60.0 Å². The number of carbonyl (C=O) groups is 1. The number of nitrogens with zero attached hydrogens (tertiary/aromatic N) is 2. The maximum atomic E-state index is 12.4. The lowest BCUT2D eigenvalue weighted by Crippen LogP contribution is -2.60. The first kappa shape index (κ1) is 14.5. The van der Waals surface area contributed by atoms with E-state index in [2.05, 4.69) is 24.1 Å². The highest BCUT2D eigenvalue weighted by molar-refractivity contribution is 5.85. The van der Waals surface area contributed by atoms with Crippen molar-refractivity contribution in [3.05, 3.63) is 0 Å². The van der Waals surface area contributed by atoms with E-state index in [-0.39, 0.29) is 5.91 Å². The highest BCUT2D eigenvalue weighted by Gasteiger charge is 2.34. The van der Waals surface area contributed by atoms with Gasteiger partial charge in [0.25, 0.3) is 0 Å². The molecule has 0 aromatic rings. The van der Waals surface area contributed by atoms with E-state index in [1.165, 1.54) is 0 Å². The van der Waals surface area contributed by atoms with Crippen molar-refractivity contribution >= 4 is 5.91 Å². The van der Waals surface area contributed by atoms with Gasteiger partial charge in [0.15, 0.2) is 0 Å². The summed E-state index contributed by atoms with van der Waals surface area (Å²) < 4.78 is 0. The van der Waals surface area contributed by atoms with Crippen molar-refractivity contribution in [1.29, 1.82) is 0 Å². The van der Waals surface area contributed by atoms with Crippen molar-refractivity contribution in [1.82, 2.24) is 15.1 Å². The Kier molecular flexibility index (Phi) is 4.95. The number of piperazine rings is 1. The first-order valence-corrected chi connectivity index (χ1v) is 6.70. The summed E-state index contributed by atoms with van der Waals surface area (Å²) >= 11 is 0. The third-order valence-corrected chi connectivity index (χ3v) is 3.61. The highest BCUT2D eigenvalue weighted by atomic mass is 16.2. The third-order valence-electron chi connectivity index (χ3n) is 3.61. The molecule has 0 saturated carbocycles. The van der Waals surface area contributed by atoms with Crippen molar-refractivity contribution in [2.75, 3.05) is 32.7 Å². The molecule has 1 rings (SSSR count). The van der Waals surface area contributed by atoms with Gasteiger partial charge in [-0.3, -0.25) is 9.69 Å². The summed E-state index contributed by atoms with van der Waals surface area (Å²) in [5.74, 6) is 0.224. The number of carbonyl (C=O) groups excluding carboxylic acids is 1. The summed E-state index contributed by atoms with van der Waals surface area (Å²) in [5.41, 5.74) is -0.442. The predicted octanol–water partition coefficient (Wildman–Crippen LogP) is 0.927. The first-order valence-electron chi connectivity index (χ1n) is 6.70. The average molecular weight is 241 g/mol. The molecule has 1 aliphatic rings. The van der Waals surface area contributed by atoms with Crippen LogP contribution in [0.5, 0.6) is 0 Å². The summed E-state index contributed by atoms with van der Waals surface area (Å²) in [6.45, 7) is 14.9. The average Bonchev–Trinajstić information content (AvgIpc) is 2.27. The maximum absolute atomic E-state index is 12.4. The molecule has 1 aliphatic heterocycles. The van der Waals surface area contributed by atoms with Crippen LogP contribution in [0.25, 0.3) is 0 Å². The Morgan fingerprint density at radius 3 is 2.47 bits per heavy atom. The van der Waals surface area contributed by atoms with Crippen LogP contribution in [0, 0.1) is 0 Å². The van der Waals surface area contributed by atoms with Crippen LogP contribution in [-0.2, 0) is 4.79 Å². The summed E-state index contributed by atoms with van der Waals surface area (Å²) in [7, 11) is 0. The van der Waals surface area contributed by atoms with E-state index in [9.17, 15) is 4.79 Å². The van der Waals surface area contributed by atoms with Gasteiger partial charge in [-0.25, -0.2) is 0 Å². The van der Waals surface area contributed by atoms with Crippen molar-refractivity contribution in [3.8, 4) is 0 Å². The van der Waals surface area contributed by atoms with Gasteiger partial charge in [-0.15, -0.1) is 0 Å².